The molecule has 1 N–H and O–H groups in total. The largest absolute Gasteiger partial charge is 0.496 e. The van der Waals surface area contributed by atoms with E-state index in [2.05, 4.69) is 15.3 Å². The molecule has 0 unspecified atom stereocenters. The first-order valence-electron chi connectivity index (χ1n) is 7.91. The zero-order valence-corrected chi connectivity index (χ0v) is 14.9. The number of carbonyl (C=O) groups excluding carboxylic acids is 1. The second-order valence-electron chi connectivity index (χ2n) is 5.48. The molecule has 7 heteroatoms. The molecule has 0 radical (unpaired) electrons. The van der Waals surface area contributed by atoms with Crippen molar-refractivity contribution in [3.63, 3.8) is 0 Å². The van der Waals surface area contributed by atoms with Crippen LogP contribution in [0.2, 0.25) is 0 Å². The Kier molecular flexibility index (Phi) is 5.45. The highest BCUT2D eigenvalue weighted by Gasteiger charge is 2.17. The lowest BCUT2D eigenvalue weighted by atomic mass is 10.2. The van der Waals surface area contributed by atoms with E-state index in [9.17, 15) is 4.79 Å². The van der Waals surface area contributed by atoms with Crippen molar-refractivity contribution in [2.45, 2.75) is 19.8 Å². The number of nitrogens with zero attached hydrogens (tertiary/aromatic N) is 2. The van der Waals surface area contributed by atoms with Crippen molar-refractivity contribution in [2.75, 3.05) is 13.7 Å². The molecular weight excluding hydrogens is 338 g/mol. The van der Waals surface area contributed by atoms with Gasteiger partial charge in [-0.25, -0.2) is 9.97 Å². The Morgan fingerprint density at radius 1 is 1.36 bits per heavy atom. The fraction of sp³-hybridized carbons (Fsp3) is 0.278. The van der Waals surface area contributed by atoms with Crippen molar-refractivity contribution in [1.82, 2.24) is 15.3 Å². The summed E-state index contributed by atoms with van der Waals surface area (Å²) in [7, 11) is 1.60. The number of thiazole rings is 1. The number of oxazole rings is 1. The maximum atomic E-state index is 12.1. The normalized spacial score (nSPS) is 10.6. The smallest absolute Gasteiger partial charge is 0.230 e. The van der Waals surface area contributed by atoms with Gasteiger partial charge in [-0.3, -0.25) is 4.79 Å². The summed E-state index contributed by atoms with van der Waals surface area (Å²) in [5.41, 5.74) is 4.17. The van der Waals surface area contributed by atoms with Gasteiger partial charge in [0.1, 0.15) is 11.5 Å². The minimum atomic E-state index is -0.0850. The lowest BCUT2D eigenvalue weighted by Crippen LogP contribution is -2.27. The van der Waals surface area contributed by atoms with Gasteiger partial charge in [-0.05, 0) is 19.1 Å². The van der Waals surface area contributed by atoms with Crippen molar-refractivity contribution in [2.24, 2.45) is 0 Å². The molecule has 3 aromatic rings. The van der Waals surface area contributed by atoms with Gasteiger partial charge in [-0.1, -0.05) is 12.1 Å². The minimum Gasteiger partial charge on any atom is -0.496 e. The van der Waals surface area contributed by atoms with E-state index in [1.54, 1.807) is 24.0 Å². The Morgan fingerprint density at radius 2 is 2.20 bits per heavy atom. The van der Waals surface area contributed by atoms with Crippen LogP contribution in [-0.2, 0) is 17.6 Å². The van der Waals surface area contributed by atoms with Crippen molar-refractivity contribution < 1.29 is 13.9 Å². The number of nitrogens with one attached hydrogen (secondary N) is 1. The summed E-state index contributed by atoms with van der Waals surface area (Å²) in [6, 6.07) is 7.50. The number of benzene rings is 1. The fourth-order valence-electron chi connectivity index (χ4n) is 2.43. The highest BCUT2D eigenvalue weighted by Crippen LogP contribution is 2.30. The van der Waals surface area contributed by atoms with Gasteiger partial charge in [0.05, 0.1) is 36.0 Å². The summed E-state index contributed by atoms with van der Waals surface area (Å²) >= 11 is 1.55. The Labute approximate surface area is 149 Å². The molecule has 2 aromatic heterocycles. The maximum absolute atomic E-state index is 12.1. The summed E-state index contributed by atoms with van der Waals surface area (Å²) in [5, 5.41) is 4.87. The SMILES string of the molecule is COc1ccccc1-c1nc(CC(=O)NCCc2cscn2)c(C)o1. The number of hydrogen-bond acceptors (Lipinski definition) is 6. The second kappa shape index (κ2) is 7.94. The number of aromatic nitrogens is 2. The molecule has 0 fully saturated rings. The molecule has 2 heterocycles. The van der Waals surface area contributed by atoms with Gasteiger partial charge in [-0.15, -0.1) is 11.3 Å². The van der Waals surface area contributed by atoms with E-state index < -0.39 is 0 Å². The predicted octanol–water partition coefficient (Wildman–Crippen LogP) is 3.02. The average molecular weight is 357 g/mol. The number of para-hydroxylation sites is 1. The van der Waals surface area contributed by atoms with Crippen LogP contribution >= 0.6 is 11.3 Å². The summed E-state index contributed by atoms with van der Waals surface area (Å²) in [6.45, 7) is 2.36. The molecule has 0 saturated heterocycles. The molecule has 130 valence electrons. The first kappa shape index (κ1) is 17.2. The van der Waals surface area contributed by atoms with Crippen LogP contribution in [0, 0.1) is 6.92 Å². The molecule has 25 heavy (non-hydrogen) atoms. The lowest BCUT2D eigenvalue weighted by molar-refractivity contribution is -0.120. The van der Waals surface area contributed by atoms with Gasteiger partial charge in [0.25, 0.3) is 0 Å². The first-order valence-corrected chi connectivity index (χ1v) is 8.85. The number of amides is 1. The number of methoxy groups -OCH3 is 1. The molecule has 0 bridgehead atoms. The molecule has 0 aliphatic carbocycles. The van der Waals surface area contributed by atoms with Crippen LogP contribution in [-0.4, -0.2) is 29.5 Å². The zero-order valence-electron chi connectivity index (χ0n) is 14.1. The molecule has 1 aromatic carbocycles. The highest BCUT2D eigenvalue weighted by molar-refractivity contribution is 7.07. The van der Waals surface area contributed by atoms with Crippen LogP contribution < -0.4 is 10.1 Å². The van der Waals surface area contributed by atoms with Crippen molar-refractivity contribution in [3.8, 4) is 17.2 Å². The quantitative estimate of drug-likeness (QED) is 0.703. The maximum Gasteiger partial charge on any atom is 0.230 e. The van der Waals surface area contributed by atoms with Crippen LogP contribution in [0.25, 0.3) is 11.5 Å². The van der Waals surface area contributed by atoms with E-state index in [0.717, 1.165) is 17.7 Å². The third kappa shape index (κ3) is 4.24. The van der Waals surface area contributed by atoms with E-state index in [4.69, 9.17) is 9.15 Å². The number of carbonyl (C=O) groups is 1. The Hall–Kier alpha value is -2.67. The molecule has 3 rings (SSSR count). The minimum absolute atomic E-state index is 0.0850. The van der Waals surface area contributed by atoms with E-state index in [1.165, 1.54) is 0 Å². The lowest BCUT2D eigenvalue weighted by Gasteiger charge is -2.03. The van der Waals surface area contributed by atoms with Crippen molar-refractivity contribution in [3.05, 3.63) is 52.3 Å². The molecule has 0 atom stereocenters. The average Bonchev–Trinajstić information content (AvgIpc) is 3.25. The van der Waals surface area contributed by atoms with Crippen LogP contribution in [0.15, 0.2) is 39.6 Å². The van der Waals surface area contributed by atoms with Crippen LogP contribution in [0.3, 0.4) is 0 Å². The summed E-state index contributed by atoms with van der Waals surface area (Å²) in [4.78, 5) is 20.8. The Balaban J connectivity index is 1.63. The van der Waals surface area contributed by atoms with E-state index in [1.807, 2.05) is 36.6 Å². The highest BCUT2D eigenvalue weighted by atomic mass is 32.1. The van der Waals surface area contributed by atoms with Gasteiger partial charge in [0.2, 0.25) is 11.8 Å². The van der Waals surface area contributed by atoms with Gasteiger partial charge >= 0.3 is 0 Å². The first-order chi connectivity index (χ1) is 12.2. The van der Waals surface area contributed by atoms with Gasteiger partial charge < -0.3 is 14.5 Å². The van der Waals surface area contributed by atoms with Crippen molar-refractivity contribution in [1.29, 1.82) is 0 Å². The number of hydrogen-bond donors (Lipinski definition) is 1. The van der Waals surface area contributed by atoms with Crippen LogP contribution in [0.4, 0.5) is 0 Å². The summed E-state index contributed by atoms with van der Waals surface area (Å²) in [6.07, 6.45) is 0.904. The molecule has 0 aliphatic rings. The molecule has 0 saturated carbocycles. The molecule has 1 amide bonds. The van der Waals surface area contributed by atoms with E-state index in [0.29, 0.717) is 29.6 Å². The summed E-state index contributed by atoms with van der Waals surface area (Å²) in [5.74, 6) is 1.69. The van der Waals surface area contributed by atoms with Gasteiger partial charge in [-0.2, -0.15) is 0 Å². The fourth-order valence-corrected chi connectivity index (χ4v) is 3.03. The molecule has 6 nitrogen and oxygen atoms in total. The van der Waals surface area contributed by atoms with Crippen molar-refractivity contribution >= 4 is 17.2 Å². The summed E-state index contributed by atoms with van der Waals surface area (Å²) < 4.78 is 11.1. The topological polar surface area (TPSA) is 77.2 Å². The third-order valence-corrected chi connectivity index (χ3v) is 4.38. The predicted molar refractivity (Wildman–Crippen MR) is 95.8 cm³/mol. The Bertz CT molecular complexity index is 843. The third-order valence-electron chi connectivity index (χ3n) is 3.74. The van der Waals surface area contributed by atoms with E-state index >= 15 is 0 Å². The molecular formula is C18H19N3O3S. The number of rotatable bonds is 7. The molecule has 0 spiro atoms. The number of ether oxygens (including phenoxy) is 1. The molecule has 0 aliphatic heterocycles. The Morgan fingerprint density at radius 3 is 2.96 bits per heavy atom. The monoisotopic (exact) mass is 357 g/mol. The van der Waals surface area contributed by atoms with Crippen LogP contribution in [0.5, 0.6) is 5.75 Å². The number of aryl methyl sites for hydroxylation is 1. The zero-order chi connectivity index (χ0) is 17.6. The standard InChI is InChI=1S/C18H19N3O3S/c1-12-15(9-17(22)19-8-7-13-10-25-11-20-13)21-18(24-12)14-5-3-4-6-16(14)23-2/h3-6,10-11H,7-9H2,1-2H3,(H,19,22). The second-order valence-corrected chi connectivity index (χ2v) is 6.20. The van der Waals surface area contributed by atoms with Gasteiger partial charge in [0, 0.05) is 18.3 Å². The van der Waals surface area contributed by atoms with Crippen LogP contribution in [0.1, 0.15) is 17.1 Å². The van der Waals surface area contributed by atoms with E-state index in [-0.39, 0.29) is 12.3 Å². The van der Waals surface area contributed by atoms with Gasteiger partial charge in [0.15, 0.2) is 0 Å².